The number of thiophene rings is 1. The van der Waals surface area contributed by atoms with Gasteiger partial charge in [-0.05, 0) is 58.3 Å². The highest BCUT2D eigenvalue weighted by Crippen LogP contribution is 2.53. The molecule has 0 N–H and O–H groups in total. The molecule has 2 fully saturated rings. The molecule has 2 aromatic heterocycles. The molecule has 4 nitrogen and oxygen atoms in total. The van der Waals surface area contributed by atoms with Crippen LogP contribution in [0.4, 0.5) is 5.13 Å². The van der Waals surface area contributed by atoms with Crippen molar-refractivity contribution in [1.29, 1.82) is 0 Å². The largest absolute Gasteiger partial charge is 0.274 e. The lowest BCUT2D eigenvalue weighted by molar-refractivity contribution is -0.123. The predicted molar refractivity (Wildman–Crippen MR) is 103 cm³/mol. The average Bonchev–Trinajstić information content (AvgIpc) is 3.44. The Kier molecular flexibility index (Phi) is 2.91. The molecule has 3 heterocycles. The number of carbonyl (C=O) groups is 2. The molecule has 6 heteroatoms. The molecule has 3 aromatic rings. The van der Waals surface area contributed by atoms with Gasteiger partial charge in [-0.1, -0.05) is 29.6 Å². The summed E-state index contributed by atoms with van der Waals surface area (Å²) in [6, 6.07) is 8.20. The first-order valence-corrected chi connectivity index (χ1v) is 10.5. The van der Waals surface area contributed by atoms with Crippen LogP contribution in [-0.2, 0) is 9.59 Å². The van der Waals surface area contributed by atoms with Gasteiger partial charge in [0, 0.05) is 0 Å². The third-order valence-electron chi connectivity index (χ3n) is 5.89. The first kappa shape index (κ1) is 14.8. The summed E-state index contributed by atoms with van der Waals surface area (Å²) >= 11 is 3.10. The summed E-state index contributed by atoms with van der Waals surface area (Å²) in [5.74, 6) is -0.0169. The molecule has 26 heavy (non-hydrogen) atoms. The van der Waals surface area contributed by atoms with Crippen LogP contribution in [0, 0.1) is 23.7 Å². The lowest BCUT2D eigenvalue weighted by Gasteiger charge is -2.14. The summed E-state index contributed by atoms with van der Waals surface area (Å²) in [4.78, 5) is 31.9. The molecule has 6 rings (SSSR count). The van der Waals surface area contributed by atoms with Gasteiger partial charge >= 0.3 is 0 Å². The van der Waals surface area contributed by atoms with Gasteiger partial charge in [-0.15, -0.1) is 0 Å². The van der Waals surface area contributed by atoms with Gasteiger partial charge in [-0.3, -0.25) is 9.59 Å². The van der Waals surface area contributed by atoms with Crippen molar-refractivity contribution in [2.24, 2.45) is 23.7 Å². The summed E-state index contributed by atoms with van der Waals surface area (Å²) in [5, 5.41) is 4.69. The minimum atomic E-state index is -0.175. The van der Waals surface area contributed by atoms with E-state index < -0.39 is 0 Å². The minimum absolute atomic E-state index is 0.0611. The van der Waals surface area contributed by atoms with Crippen LogP contribution < -0.4 is 4.90 Å². The normalized spacial score (nSPS) is 29.3. The molecular weight excluding hydrogens is 364 g/mol. The van der Waals surface area contributed by atoms with Crippen molar-refractivity contribution in [3.63, 3.8) is 0 Å². The highest BCUT2D eigenvalue weighted by molar-refractivity contribution is 7.22. The van der Waals surface area contributed by atoms with Gasteiger partial charge in [0.1, 0.15) is 0 Å². The van der Waals surface area contributed by atoms with Crippen molar-refractivity contribution >= 4 is 49.8 Å². The van der Waals surface area contributed by atoms with E-state index >= 15 is 0 Å². The van der Waals surface area contributed by atoms with Crippen molar-refractivity contribution < 1.29 is 9.59 Å². The van der Waals surface area contributed by atoms with E-state index in [4.69, 9.17) is 0 Å². The molecule has 2 bridgehead atoms. The van der Waals surface area contributed by atoms with Crippen molar-refractivity contribution in [3.05, 3.63) is 47.2 Å². The number of allylic oxidation sites excluding steroid dienone is 2. The van der Waals surface area contributed by atoms with Crippen LogP contribution in [-0.4, -0.2) is 16.8 Å². The highest BCUT2D eigenvalue weighted by atomic mass is 32.1. The average molecular weight is 378 g/mol. The summed E-state index contributed by atoms with van der Waals surface area (Å²) in [5.41, 5.74) is 3.15. The van der Waals surface area contributed by atoms with Crippen molar-refractivity contribution in [2.75, 3.05) is 4.90 Å². The van der Waals surface area contributed by atoms with Gasteiger partial charge in [-0.2, -0.15) is 11.3 Å². The SMILES string of the molecule is O=C1C2C3C=CC(C3)C2C(=O)N1c1nc2ccc(-c3ccsc3)cc2s1. The number of amides is 2. The van der Waals surface area contributed by atoms with Crippen LogP contribution in [0.15, 0.2) is 47.2 Å². The third kappa shape index (κ3) is 1.86. The zero-order valence-corrected chi connectivity index (χ0v) is 15.3. The molecular formula is C20H14N2O2S2. The molecule has 128 valence electrons. The standard InChI is InChI=1S/C20H14N2O2S2/c23-18-16-11-1-2-12(7-11)17(16)19(24)22(18)20-21-14-4-3-10(8-15(14)26-20)13-5-6-25-9-13/h1-6,8-9,11-12,16-17H,7H2. The molecule has 1 aromatic carbocycles. The van der Waals surface area contributed by atoms with E-state index in [1.807, 2.05) is 12.1 Å². The Balaban J connectivity index is 1.41. The molecule has 3 aliphatic rings. The van der Waals surface area contributed by atoms with Crippen LogP contribution >= 0.6 is 22.7 Å². The Hall–Kier alpha value is -2.31. The van der Waals surface area contributed by atoms with E-state index in [1.165, 1.54) is 21.8 Å². The fourth-order valence-electron chi connectivity index (χ4n) is 4.71. The molecule has 4 atom stereocenters. The minimum Gasteiger partial charge on any atom is -0.274 e. The Morgan fingerprint density at radius 3 is 2.46 bits per heavy atom. The Morgan fingerprint density at radius 1 is 1.00 bits per heavy atom. The van der Waals surface area contributed by atoms with E-state index in [9.17, 15) is 9.59 Å². The number of fused-ring (bicyclic) bond motifs is 6. The van der Waals surface area contributed by atoms with Gasteiger partial charge in [0.15, 0.2) is 5.13 Å². The number of rotatable bonds is 2. The molecule has 4 unspecified atom stereocenters. The summed E-state index contributed by atoms with van der Waals surface area (Å²) in [6.07, 6.45) is 5.18. The fraction of sp³-hybridized carbons (Fsp3) is 0.250. The zero-order valence-electron chi connectivity index (χ0n) is 13.7. The quantitative estimate of drug-likeness (QED) is 0.492. The predicted octanol–water partition coefficient (Wildman–Crippen LogP) is 4.34. The monoisotopic (exact) mass is 378 g/mol. The number of imide groups is 1. The Bertz CT molecular complexity index is 1070. The third-order valence-corrected chi connectivity index (χ3v) is 7.58. The first-order chi connectivity index (χ1) is 12.7. The number of nitrogens with zero attached hydrogens (tertiary/aromatic N) is 2. The van der Waals surface area contributed by atoms with Crippen LogP contribution in [0.3, 0.4) is 0 Å². The second-order valence-corrected chi connectivity index (χ2v) is 8.99. The smallest absolute Gasteiger partial charge is 0.240 e. The fourth-order valence-corrected chi connectivity index (χ4v) is 6.39. The Labute approximate surface area is 157 Å². The van der Waals surface area contributed by atoms with Gasteiger partial charge in [-0.25, -0.2) is 9.88 Å². The number of thiazole rings is 1. The number of anilines is 1. The van der Waals surface area contributed by atoms with Crippen LogP contribution in [0.25, 0.3) is 21.3 Å². The van der Waals surface area contributed by atoms with Crippen LogP contribution in [0.2, 0.25) is 0 Å². The molecule has 2 aliphatic carbocycles. The number of carbonyl (C=O) groups excluding carboxylic acids is 2. The lowest BCUT2D eigenvalue weighted by atomic mass is 9.85. The topological polar surface area (TPSA) is 50.3 Å². The second-order valence-electron chi connectivity index (χ2n) is 7.20. The van der Waals surface area contributed by atoms with Crippen LogP contribution in [0.1, 0.15) is 6.42 Å². The van der Waals surface area contributed by atoms with Crippen molar-refractivity contribution in [1.82, 2.24) is 4.98 Å². The van der Waals surface area contributed by atoms with E-state index in [0.29, 0.717) is 5.13 Å². The van der Waals surface area contributed by atoms with Gasteiger partial charge in [0.25, 0.3) is 0 Å². The van der Waals surface area contributed by atoms with E-state index in [2.05, 4.69) is 40.0 Å². The molecule has 1 saturated carbocycles. The molecule has 1 saturated heterocycles. The van der Waals surface area contributed by atoms with Crippen LogP contribution in [0.5, 0.6) is 0 Å². The molecule has 1 aliphatic heterocycles. The van der Waals surface area contributed by atoms with Crippen molar-refractivity contribution in [2.45, 2.75) is 6.42 Å². The Morgan fingerprint density at radius 2 is 1.77 bits per heavy atom. The second kappa shape index (κ2) is 5.11. The summed E-state index contributed by atoms with van der Waals surface area (Å²) in [6.45, 7) is 0. The number of hydrogen-bond donors (Lipinski definition) is 0. The maximum absolute atomic E-state index is 13.0. The van der Waals surface area contributed by atoms with E-state index in [0.717, 1.165) is 22.2 Å². The zero-order chi connectivity index (χ0) is 17.4. The molecule has 0 radical (unpaired) electrons. The van der Waals surface area contributed by atoms with Gasteiger partial charge < -0.3 is 0 Å². The number of hydrogen-bond acceptors (Lipinski definition) is 5. The van der Waals surface area contributed by atoms with E-state index in [-0.39, 0.29) is 35.5 Å². The van der Waals surface area contributed by atoms with Gasteiger partial charge in [0.05, 0.1) is 22.1 Å². The molecule has 2 amide bonds. The number of benzene rings is 1. The molecule has 0 spiro atoms. The van der Waals surface area contributed by atoms with Gasteiger partial charge in [0.2, 0.25) is 11.8 Å². The highest BCUT2D eigenvalue weighted by Gasteiger charge is 2.60. The van der Waals surface area contributed by atoms with Crippen molar-refractivity contribution in [3.8, 4) is 11.1 Å². The number of aromatic nitrogens is 1. The maximum Gasteiger partial charge on any atom is 0.240 e. The summed E-state index contributed by atoms with van der Waals surface area (Å²) < 4.78 is 1.00. The first-order valence-electron chi connectivity index (χ1n) is 8.70. The maximum atomic E-state index is 13.0. The van der Waals surface area contributed by atoms with E-state index in [1.54, 1.807) is 11.3 Å². The lowest BCUT2D eigenvalue weighted by Crippen LogP contribution is -2.32. The summed E-state index contributed by atoms with van der Waals surface area (Å²) in [7, 11) is 0.